The number of allylic oxidation sites excluding steroid dienone is 3. The SMILES string of the molecule is COc1cc2cc(c1Cl)N(C)C(=O)C[C@H](OC(=O)Nc1ccc(NC(=O)[C@H](CCCNC(N)=O)NC(=O)[C@@H](NC(=O)CCCCC(=O)ON3C(=O)CCC3=O)C(C)C)c(C(F)(F)F)c1)[C@]1(C)C[C@H]1[C@H](C)[C@@H]1C[C@@](O)(NC(=O)O1)[C@H](OC)/C=C/C=C(\C)C2. The molecule has 476 valence electrons. The molecule has 4 bridgehead atoms. The largest absolute Gasteiger partial charge is 0.495 e. The summed E-state index contributed by atoms with van der Waals surface area (Å²) >= 11 is 6.81. The van der Waals surface area contributed by atoms with Crippen molar-refractivity contribution in [3.8, 4) is 5.75 Å². The van der Waals surface area contributed by atoms with Crippen LogP contribution in [0.5, 0.6) is 5.75 Å². The number of alkyl halides is 3. The Morgan fingerprint density at radius 1 is 0.943 bits per heavy atom. The Labute approximate surface area is 505 Å². The molecule has 2 saturated heterocycles. The first-order valence-corrected chi connectivity index (χ1v) is 28.7. The Bertz CT molecular complexity index is 3020. The number of benzene rings is 2. The van der Waals surface area contributed by atoms with Crippen molar-refractivity contribution in [1.29, 1.82) is 0 Å². The molecule has 1 aliphatic carbocycles. The van der Waals surface area contributed by atoms with Gasteiger partial charge < -0.3 is 60.8 Å². The van der Waals surface area contributed by atoms with Gasteiger partial charge in [0.2, 0.25) is 23.6 Å². The molecule has 4 aliphatic rings. The van der Waals surface area contributed by atoms with Crippen LogP contribution in [0.3, 0.4) is 0 Å². The van der Waals surface area contributed by atoms with E-state index in [4.69, 9.17) is 41.1 Å². The second-order valence-corrected chi connectivity index (χ2v) is 23.1. The van der Waals surface area contributed by atoms with Crippen LogP contribution in [0.15, 0.2) is 54.1 Å². The van der Waals surface area contributed by atoms with E-state index in [0.29, 0.717) is 29.5 Å². The topological polar surface area (TPSA) is 342 Å². The van der Waals surface area contributed by atoms with Crippen molar-refractivity contribution in [3.05, 3.63) is 70.3 Å². The van der Waals surface area contributed by atoms with Crippen LogP contribution >= 0.6 is 11.6 Å². The Morgan fingerprint density at radius 3 is 2.28 bits per heavy atom. The van der Waals surface area contributed by atoms with Gasteiger partial charge >= 0.3 is 30.4 Å². The van der Waals surface area contributed by atoms with Crippen molar-refractivity contribution < 1.29 is 90.0 Å². The van der Waals surface area contributed by atoms with E-state index >= 15 is 13.2 Å². The van der Waals surface area contributed by atoms with Gasteiger partial charge in [-0.2, -0.15) is 13.2 Å². The van der Waals surface area contributed by atoms with Crippen LogP contribution in [0, 0.1) is 23.2 Å². The van der Waals surface area contributed by atoms with Crippen molar-refractivity contribution >= 4 is 88.3 Å². The van der Waals surface area contributed by atoms with Crippen molar-refractivity contribution in [3.63, 3.8) is 0 Å². The lowest BCUT2D eigenvalue weighted by Gasteiger charge is -2.42. The zero-order chi connectivity index (χ0) is 64.3. The zero-order valence-corrected chi connectivity index (χ0v) is 50.2. The third-order valence-corrected chi connectivity index (χ3v) is 16.2. The predicted molar refractivity (Wildman–Crippen MR) is 307 cm³/mol. The number of halogens is 4. The Balaban J connectivity index is 1.20. The number of methoxy groups -OCH3 is 2. The minimum absolute atomic E-state index is 0.0179. The minimum atomic E-state index is -5.18. The number of ether oxygens (including phenoxy) is 4. The average Bonchev–Trinajstić information content (AvgIpc) is 1.59. The number of urea groups is 1. The Kier molecular flexibility index (Phi) is 22.8. The summed E-state index contributed by atoms with van der Waals surface area (Å²) < 4.78 is 68.1. The molecule has 0 unspecified atom stereocenters. The van der Waals surface area contributed by atoms with Gasteiger partial charge in [0.25, 0.3) is 11.8 Å². The summed E-state index contributed by atoms with van der Waals surface area (Å²) in [5.74, 6) is -6.73. The van der Waals surface area contributed by atoms with Gasteiger partial charge in [-0.25, -0.2) is 19.2 Å². The number of nitrogens with two attached hydrogens (primary N) is 1. The monoisotopic (exact) mass is 1250 g/mol. The van der Waals surface area contributed by atoms with Gasteiger partial charge in [-0.05, 0) is 99.1 Å². The number of fused-ring (bicyclic) bond motifs is 5. The number of hydroxylamine groups is 2. The third-order valence-electron chi connectivity index (χ3n) is 15.8. The molecule has 0 spiro atoms. The van der Waals surface area contributed by atoms with Crippen LogP contribution in [0.2, 0.25) is 5.02 Å². The molecule has 6 rings (SSSR count). The molecule has 25 nitrogen and oxygen atoms in total. The lowest BCUT2D eigenvalue weighted by molar-refractivity contribution is -0.197. The van der Waals surface area contributed by atoms with Crippen LogP contribution in [-0.2, 0) is 65.2 Å². The lowest BCUT2D eigenvalue weighted by atomic mass is 9.83. The Hall–Kier alpha value is -7.98. The molecule has 2 aromatic rings. The maximum absolute atomic E-state index is 15.0. The molecule has 9 N–H and O–H groups in total. The summed E-state index contributed by atoms with van der Waals surface area (Å²) in [4.78, 5) is 136. The number of hydrogen-bond donors (Lipinski definition) is 8. The number of alkyl carbamates (subject to hydrolysis) is 1. The second kappa shape index (κ2) is 29.1. The van der Waals surface area contributed by atoms with E-state index in [1.807, 2.05) is 6.92 Å². The van der Waals surface area contributed by atoms with Gasteiger partial charge in [-0.1, -0.05) is 63.1 Å². The molecule has 3 aliphatic heterocycles. The average molecular weight is 1250 g/mol. The number of rotatable bonds is 20. The quantitative estimate of drug-likeness (QED) is 0.0522. The predicted octanol–water partition coefficient (Wildman–Crippen LogP) is 6.44. The number of nitrogens with zero attached hydrogens (tertiary/aromatic N) is 2. The standard InChI is InChI=1S/C58H75ClF3N9O16/c1-30(2)50(68-44(72)16-9-10-17-48(76)87-71-45(73)20-21-46(71)74)52(78)67-38(14-12-22-64-53(63)79)51(77)66-37-19-18-34(26-35(37)58(60,61)62)65-54(80)86-43-27-47(75)70(6)39-24-33(25-40(83-7)49(39)59)23-31(3)13-11-15-42(84-8)57(82)29-41(85-55(81)69-57)32(4)36-28-56(36,43)5/h11,13,15,18-19,24-26,30,32,36,38,41-43,50,82H,9-10,12,14,16-17,20-23,27-29H2,1-8H3,(H,65,80)(H,66,77)(H,67,78)(H,68,72)(H,69,81)(H3,63,64,79)/b15-11+,31-13+/t32-,36-,38-,41-,42+,43-,50-,56+,57-/m0/s1. The molecule has 0 aromatic heterocycles. The second-order valence-electron chi connectivity index (χ2n) is 22.7. The van der Waals surface area contributed by atoms with Crippen LogP contribution in [-0.4, -0.2) is 134 Å². The minimum Gasteiger partial charge on any atom is -0.495 e. The van der Waals surface area contributed by atoms with Crippen molar-refractivity contribution in [2.24, 2.45) is 28.9 Å². The van der Waals surface area contributed by atoms with E-state index in [1.165, 1.54) is 26.2 Å². The normalized spacial score (nSPS) is 24.9. The van der Waals surface area contributed by atoms with Gasteiger partial charge in [-0.15, -0.1) is 5.06 Å². The molecule has 2 aromatic carbocycles. The molecular formula is C58H75ClF3N9O16. The maximum atomic E-state index is 15.0. The number of hydrogen-bond acceptors (Lipinski definition) is 16. The fourth-order valence-corrected chi connectivity index (χ4v) is 11.1. The van der Waals surface area contributed by atoms with E-state index in [-0.39, 0.29) is 80.8 Å². The van der Waals surface area contributed by atoms with Crippen molar-refractivity contribution in [2.45, 2.75) is 154 Å². The number of carbonyl (C=O) groups excluding carboxylic acids is 10. The highest BCUT2D eigenvalue weighted by molar-refractivity contribution is 6.35. The highest BCUT2D eigenvalue weighted by atomic mass is 35.5. The number of imide groups is 1. The van der Waals surface area contributed by atoms with E-state index in [9.17, 15) is 53.1 Å². The number of anilines is 3. The summed E-state index contributed by atoms with van der Waals surface area (Å²) in [5.41, 5.74) is 1.30. The van der Waals surface area contributed by atoms with E-state index in [2.05, 4.69) is 31.9 Å². The molecule has 3 heterocycles. The first-order chi connectivity index (χ1) is 40.9. The number of nitrogens with one attached hydrogen (secondary N) is 6. The molecular weight excluding hydrogens is 1170 g/mol. The highest BCUT2D eigenvalue weighted by Gasteiger charge is 2.62. The fraction of sp³-hybridized carbons (Fsp3) is 0.552. The summed E-state index contributed by atoms with van der Waals surface area (Å²) in [5, 5.41) is 26.8. The van der Waals surface area contributed by atoms with Crippen LogP contribution in [0.25, 0.3) is 0 Å². The van der Waals surface area contributed by atoms with Gasteiger partial charge in [-0.3, -0.25) is 39.4 Å². The van der Waals surface area contributed by atoms with Crippen LogP contribution in [0.4, 0.5) is 44.6 Å². The van der Waals surface area contributed by atoms with Gasteiger partial charge in [0.05, 0.1) is 30.5 Å². The zero-order valence-electron chi connectivity index (χ0n) is 49.5. The molecule has 9 atom stereocenters. The first-order valence-electron chi connectivity index (χ1n) is 28.3. The van der Waals surface area contributed by atoms with Gasteiger partial charge in [0.15, 0.2) is 5.72 Å². The number of primary amides is 1. The summed E-state index contributed by atoms with van der Waals surface area (Å²) in [7, 11) is 4.25. The number of unbranched alkanes of at least 4 members (excludes halogenated alkanes) is 1. The van der Waals surface area contributed by atoms with Crippen LogP contribution in [0.1, 0.15) is 116 Å². The fourth-order valence-electron chi connectivity index (χ4n) is 10.8. The molecule has 0 radical (unpaired) electrons. The third kappa shape index (κ3) is 17.8. The van der Waals surface area contributed by atoms with Gasteiger partial charge in [0, 0.05) is 63.9 Å². The van der Waals surface area contributed by atoms with E-state index < -0.39 is 148 Å². The summed E-state index contributed by atoms with van der Waals surface area (Å²) in [6, 6.07) is 2.08. The summed E-state index contributed by atoms with van der Waals surface area (Å²) in [6.07, 6.45) is -6.19. The van der Waals surface area contributed by atoms with Crippen molar-refractivity contribution in [2.75, 3.05) is 43.3 Å². The molecule has 10 amide bonds. The lowest BCUT2D eigenvalue weighted by Crippen LogP contribution is -2.63. The smallest absolute Gasteiger partial charge is 0.418 e. The number of carbonyl (C=O) groups is 10. The number of aliphatic hydroxyl groups is 1. The van der Waals surface area contributed by atoms with Crippen LogP contribution < -0.4 is 47.3 Å². The van der Waals surface area contributed by atoms with Crippen molar-refractivity contribution in [1.82, 2.24) is 26.3 Å². The molecule has 29 heteroatoms. The van der Waals surface area contributed by atoms with E-state index in [1.54, 1.807) is 58.1 Å². The summed E-state index contributed by atoms with van der Waals surface area (Å²) in [6.45, 7) is 8.43. The molecule has 1 saturated carbocycles. The molecule has 3 fully saturated rings. The first kappa shape index (κ1) is 68.1. The van der Waals surface area contributed by atoms with Gasteiger partial charge in [0.1, 0.15) is 41.2 Å². The number of amides is 10. The van der Waals surface area contributed by atoms with E-state index in [0.717, 1.165) is 17.7 Å². The Morgan fingerprint density at radius 2 is 1.63 bits per heavy atom. The maximum Gasteiger partial charge on any atom is 0.418 e. The highest BCUT2D eigenvalue weighted by Crippen LogP contribution is 2.61. The molecule has 87 heavy (non-hydrogen) atoms.